The van der Waals surface area contributed by atoms with Crippen LogP contribution in [0.4, 0.5) is 10.5 Å². The number of hydrogen-bond acceptors (Lipinski definition) is 2. The highest BCUT2D eigenvalue weighted by Gasteiger charge is 2.19. The quantitative estimate of drug-likeness (QED) is 0.277. The number of nitrogens with zero attached hydrogens (tertiary/aromatic N) is 1. The molecule has 0 aromatic heterocycles. The molecule has 3 aromatic carbocycles. The second-order valence-electron chi connectivity index (χ2n) is 9.13. The van der Waals surface area contributed by atoms with Gasteiger partial charge in [0.2, 0.25) is 5.91 Å². The minimum absolute atomic E-state index is 0.0859. The number of anilines is 1. The van der Waals surface area contributed by atoms with Crippen LogP contribution in [0.5, 0.6) is 0 Å². The van der Waals surface area contributed by atoms with Crippen LogP contribution in [0.15, 0.2) is 78.9 Å². The molecule has 3 rings (SSSR count). The lowest BCUT2D eigenvalue weighted by atomic mass is 9.88. The Balaban J connectivity index is 1.55. The molecule has 0 aliphatic rings. The Morgan fingerprint density at radius 1 is 0.861 bits per heavy atom. The molecule has 5 nitrogen and oxygen atoms in total. The van der Waals surface area contributed by atoms with E-state index in [4.69, 9.17) is 23.2 Å². The summed E-state index contributed by atoms with van der Waals surface area (Å²) in [5.41, 5.74) is 2.88. The number of nitrogens with one attached hydrogen (secondary N) is 2. The number of carbonyl (C=O) groups is 2. The third-order valence-corrected chi connectivity index (χ3v) is 6.65. The Kier molecular flexibility index (Phi) is 10.6. The number of rotatable bonds is 11. The Labute approximate surface area is 223 Å². The fourth-order valence-electron chi connectivity index (χ4n) is 4.09. The molecular formula is C29H33Cl2N3O2. The predicted molar refractivity (Wildman–Crippen MR) is 149 cm³/mol. The fraction of sp³-hybridized carbons (Fsp3) is 0.310. The maximum atomic E-state index is 12.9. The average Bonchev–Trinajstić information content (AvgIpc) is 2.88. The number of halogens is 2. The van der Waals surface area contributed by atoms with Crippen LogP contribution < -0.4 is 10.6 Å². The maximum absolute atomic E-state index is 12.9. The van der Waals surface area contributed by atoms with Crippen molar-refractivity contribution >= 4 is 40.8 Å². The van der Waals surface area contributed by atoms with Gasteiger partial charge in [0.25, 0.3) is 0 Å². The molecule has 7 heteroatoms. The van der Waals surface area contributed by atoms with Crippen molar-refractivity contribution in [3.63, 3.8) is 0 Å². The van der Waals surface area contributed by atoms with Gasteiger partial charge in [0.05, 0.1) is 15.7 Å². The normalized spacial score (nSPS) is 10.9. The van der Waals surface area contributed by atoms with Gasteiger partial charge in [0.1, 0.15) is 0 Å². The fourth-order valence-corrected chi connectivity index (χ4v) is 4.44. The van der Waals surface area contributed by atoms with Crippen molar-refractivity contribution in [3.05, 3.63) is 100 Å². The zero-order chi connectivity index (χ0) is 25.9. The van der Waals surface area contributed by atoms with Gasteiger partial charge in [-0.3, -0.25) is 4.79 Å². The second kappa shape index (κ2) is 13.9. The monoisotopic (exact) mass is 525 g/mol. The molecular weight excluding hydrogens is 493 g/mol. The summed E-state index contributed by atoms with van der Waals surface area (Å²) in [5, 5.41) is 6.51. The van der Waals surface area contributed by atoms with Gasteiger partial charge in [0, 0.05) is 32.0 Å². The van der Waals surface area contributed by atoms with Crippen LogP contribution in [-0.4, -0.2) is 36.5 Å². The molecule has 0 radical (unpaired) electrons. The zero-order valence-corrected chi connectivity index (χ0v) is 22.2. The summed E-state index contributed by atoms with van der Waals surface area (Å²) in [5.74, 6) is 0.349. The van der Waals surface area contributed by atoms with Crippen LogP contribution in [0, 0.1) is 5.92 Å². The van der Waals surface area contributed by atoms with Crippen molar-refractivity contribution in [1.29, 1.82) is 0 Å². The molecule has 3 aromatic rings. The second-order valence-corrected chi connectivity index (χ2v) is 9.92. The third-order valence-electron chi connectivity index (χ3n) is 5.83. The lowest BCUT2D eigenvalue weighted by Gasteiger charge is -2.25. The van der Waals surface area contributed by atoms with Gasteiger partial charge < -0.3 is 15.5 Å². The molecule has 0 aliphatic carbocycles. The van der Waals surface area contributed by atoms with E-state index in [2.05, 4.69) is 34.9 Å². The predicted octanol–water partition coefficient (Wildman–Crippen LogP) is 7.21. The molecule has 0 saturated heterocycles. The Bertz CT molecular complexity index is 1080. The summed E-state index contributed by atoms with van der Waals surface area (Å²) >= 11 is 12.3. The van der Waals surface area contributed by atoms with E-state index in [9.17, 15) is 9.59 Å². The highest BCUT2D eigenvalue weighted by molar-refractivity contribution is 6.43. The molecule has 0 aliphatic heterocycles. The topological polar surface area (TPSA) is 61.4 Å². The molecule has 36 heavy (non-hydrogen) atoms. The van der Waals surface area contributed by atoms with Gasteiger partial charge in [-0.15, -0.1) is 0 Å². The minimum atomic E-state index is -0.311. The maximum Gasteiger partial charge on any atom is 0.321 e. The van der Waals surface area contributed by atoms with Crippen LogP contribution in [0.3, 0.4) is 0 Å². The minimum Gasteiger partial charge on any atom is -0.356 e. The standard InChI is InChI=1S/C29H33Cl2N3O2/c1-21(2)20-34(29(36)33-26-15-9-14-25(30)28(26)31)19-17-27(35)32-18-16-24(22-10-5-3-6-11-22)23-12-7-4-8-13-23/h3-15,21,24H,16-20H2,1-2H3,(H,32,35)(H,33,36). The molecule has 0 saturated carbocycles. The molecule has 0 spiro atoms. The number of carbonyl (C=O) groups excluding carboxylic acids is 2. The number of benzene rings is 3. The van der Waals surface area contributed by atoms with Crippen LogP contribution in [0.1, 0.15) is 43.7 Å². The number of hydrogen-bond donors (Lipinski definition) is 2. The molecule has 190 valence electrons. The van der Waals surface area contributed by atoms with Gasteiger partial charge in [0.15, 0.2) is 0 Å². The summed E-state index contributed by atoms with van der Waals surface area (Å²) < 4.78 is 0. The van der Waals surface area contributed by atoms with E-state index in [1.165, 1.54) is 11.1 Å². The summed E-state index contributed by atoms with van der Waals surface area (Å²) in [7, 11) is 0. The zero-order valence-electron chi connectivity index (χ0n) is 20.7. The summed E-state index contributed by atoms with van der Waals surface area (Å²) in [4.78, 5) is 27.2. The largest absolute Gasteiger partial charge is 0.356 e. The van der Waals surface area contributed by atoms with Crippen molar-refractivity contribution in [2.45, 2.75) is 32.6 Å². The molecule has 0 bridgehead atoms. The van der Waals surface area contributed by atoms with Gasteiger partial charge in [-0.1, -0.05) is 104 Å². The van der Waals surface area contributed by atoms with Crippen molar-refractivity contribution in [1.82, 2.24) is 10.2 Å². The first kappa shape index (κ1) is 27.6. The SMILES string of the molecule is CC(C)CN(CCC(=O)NCCC(c1ccccc1)c1ccccc1)C(=O)Nc1cccc(Cl)c1Cl. The molecule has 0 fully saturated rings. The first-order valence-corrected chi connectivity index (χ1v) is 13.0. The number of urea groups is 1. The van der Waals surface area contributed by atoms with Crippen LogP contribution in [0.25, 0.3) is 0 Å². The summed E-state index contributed by atoms with van der Waals surface area (Å²) in [6, 6.07) is 25.4. The lowest BCUT2D eigenvalue weighted by Crippen LogP contribution is -2.40. The van der Waals surface area contributed by atoms with Gasteiger partial charge in [-0.25, -0.2) is 4.79 Å². The van der Waals surface area contributed by atoms with Crippen LogP contribution >= 0.6 is 23.2 Å². The van der Waals surface area contributed by atoms with Crippen molar-refractivity contribution in [2.75, 3.05) is 25.0 Å². The smallest absolute Gasteiger partial charge is 0.321 e. The van der Waals surface area contributed by atoms with Crippen LogP contribution in [-0.2, 0) is 4.79 Å². The molecule has 0 heterocycles. The van der Waals surface area contributed by atoms with Crippen LogP contribution in [0.2, 0.25) is 10.0 Å². The van der Waals surface area contributed by atoms with E-state index in [-0.39, 0.29) is 30.2 Å². The Hall–Kier alpha value is -3.02. The van der Waals surface area contributed by atoms with E-state index in [1.807, 2.05) is 50.2 Å². The first-order valence-electron chi connectivity index (χ1n) is 12.2. The van der Waals surface area contributed by atoms with Gasteiger partial charge >= 0.3 is 6.03 Å². The molecule has 2 N–H and O–H groups in total. The Morgan fingerprint density at radius 2 is 1.47 bits per heavy atom. The van der Waals surface area contributed by atoms with E-state index in [0.717, 1.165) is 6.42 Å². The third kappa shape index (κ3) is 8.28. The van der Waals surface area contributed by atoms with E-state index < -0.39 is 0 Å². The van der Waals surface area contributed by atoms with E-state index in [1.54, 1.807) is 23.1 Å². The molecule has 3 amide bonds. The molecule has 0 atom stereocenters. The lowest BCUT2D eigenvalue weighted by molar-refractivity contribution is -0.121. The van der Waals surface area contributed by atoms with E-state index >= 15 is 0 Å². The van der Waals surface area contributed by atoms with Crippen molar-refractivity contribution < 1.29 is 9.59 Å². The summed E-state index contributed by atoms with van der Waals surface area (Å²) in [6.07, 6.45) is 0.994. The first-order chi connectivity index (χ1) is 17.3. The van der Waals surface area contributed by atoms with E-state index in [0.29, 0.717) is 35.4 Å². The average molecular weight is 527 g/mol. The Morgan fingerprint density at radius 3 is 2.06 bits per heavy atom. The van der Waals surface area contributed by atoms with Gasteiger partial charge in [-0.05, 0) is 35.6 Å². The van der Waals surface area contributed by atoms with Gasteiger partial charge in [-0.2, -0.15) is 0 Å². The highest BCUT2D eigenvalue weighted by atomic mass is 35.5. The van der Waals surface area contributed by atoms with Crippen molar-refractivity contribution in [2.24, 2.45) is 5.92 Å². The highest BCUT2D eigenvalue weighted by Crippen LogP contribution is 2.30. The summed E-state index contributed by atoms with van der Waals surface area (Å²) in [6.45, 7) is 5.41. The van der Waals surface area contributed by atoms with Crippen molar-refractivity contribution in [3.8, 4) is 0 Å². The molecule has 0 unspecified atom stereocenters. The number of amides is 3.